The molecule has 0 saturated heterocycles. The highest BCUT2D eigenvalue weighted by molar-refractivity contribution is 7.11. The minimum absolute atomic E-state index is 0.454. The predicted molar refractivity (Wildman–Crippen MR) is 109 cm³/mol. The molecule has 8 heteroatoms. The van der Waals surface area contributed by atoms with Gasteiger partial charge in [0.15, 0.2) is 17.5 Å². The number of nitrogens with zero attached hydrogens (tertiary/aromatic N) is 2. The summed E-state index contributed by atoms with van der Waals surface area (Å²) in [6, 6.07) is 3.71. The van der Waals surface area contributed by atoms with Gasteiger partial charge in [0.1, 0.15) is 5.75 Å². The molecule has 2 rings (SSSR count). The molecule has 1 aromatic heterocycles. The summed E-state index contributed by atoms with van der Waals surface area (Å²) < 4.78 is 16.2. The standard InChI is InChI=1S/C19H28N4O3S/c1-6-20-19(21-8-7-18-22-11-13(2)27-18)23-12-14-9-16(25-4)17(26-5)10-15(14)24-3/h9-11H,6-8,12H2,1-5H3,(H2,20,21,23). The molecule has 0 bridgehead atoms. The Kier molecular flexibility index (Phi) is 8.19. The van der Waals surface area contributed by atoms with E-state index in [4.69, 9.17) is 14.2 Å². The van der Waals surface area contributed by atoms with Gasteiger partial charge in [-0.05, 0) is 19.9 Å². The number of aryl methyl sites for hydroxylation is 1. The first-order chi connectivity index (χ1) is 13.1. The Bertz CT molecular complexity index is 761. The highest BCUT2D eigenvalue weighted by Crippen LogP contribution is 2.34. The Balaban J connectivity index is 2.06. The number of hydrogen-bond acceptors (Lipinski definition) is 6. The van der Waals surface area contributed by atoms with Crippen LogP contribution in [0.4, 0.5) is 0 Å². The first kappa shape index (κ1) is 20.8. The van der Waals surface area contributed by atoms with Gasteiger partial charge < -0.3 is 24.8 Å². The largest absolute Gasteiger partial charge is 0.496 e. The summed E-state index contributed by atoms with van der Waals surface area (Å²) in [6.45, 7) is 6.11. The van der Waals surface area contributed by atoms with Gasteiger partial charge in [-0.25, -0.2) is 9.98 Å². The van der Waals surface area contributed by atoms with Crippen LogP contribution < -0.4 is 24.8 Å². The molecule has 1 heterocycles. The average Bonchev–Trinajstić information content (AvgIpc) is 3.10. The van der Waals surface area contributed by atoms with E-state index in [-0.39, 0.29) is 0 Å². The Morgan fingerprint density at radius 2 is 1.78 bits per heavy atom. The van der Waals surface area contributed by atoms with Crippen LogP contribution in [0.1, 0.15) is 22.4 Å². The van der Waals surface area contributed by atoms with Crippen molar-refractivity contribution in [3.05, 3.63) is 33.8 Å². The van der Waals surface area contributed by atoms with Crippen LogP contribution in [0.3, 0.4) is 0 Å². The smallest absolute Gasteiger partial charge is 0.191 e. The first-order valence-corrected chi connectivity index (χ1v) is 9.65. The van der Waals surface area contributed by atoms with Gasteiger partial charge in [0.2, 0.25) is 0 Å². The lowest BCUT2D eigenvalue weighted by Gasteiger charge is -2.14. The van der Waals surface area contributed by atoms with Crippen molar-refractivity contribution in [3.63, 3.8) is 0 Å². The quantitative estimate of drug-likeness (QED) is 0.505. The van der Waals surface area contributed by atoms with Crippen molar-refractivity contribution in [1.82, 2.24) is 15.6 Å². The molecule has 7 nitrogen and oxygen atoms in total. The summed E-state index contributed by atoms with van der Waals surface area (Å²) >= 11 is 1.72. The number of thiazole rings is 1. The molecule has 1 aromatic carbocycles. The second kappa shape index (κ2) is 10.6. The molecule has 0 fully saturated rings. The van der Waals surface area contributed by atoms with E-state index in [2.05, 4.69) is 27.5 Å². The molecule has 2 N–H and O–H groups in total. The fraction of sp³-hybridized carbons (Fsp3) is 0.474. The third-order valence-corrected chi connectivity index (χ3v) is 4.81. The zero-order valence-corrected chi connectivity index (χ0v) is 17.4. The maximum atomic E-state index is 5.47. The topological polar surface area (TPSA) is 77.0 Å². The predicted octanol–water partition coefficient (Wildman–Crippen LogP) is 2.78. The molecule has 0 aliphatic carbocycles. The molecular weight excluding hydrogens is 364 g/mol. The van der Waals surface area contributed by atoms with E-state index in [1.54, 1.807) is 32.7 Å². The van der Waals surface area contributed by atoms with Gasteiger partial charge in [-0.3, -0.25) is 0 Å². The van der Waals surface area contributed by atoms with E-state index in [9.17, 15) is 0 Å². The molecule has 0 unspecified atom stereocenters. The summed E-state index contributed by atoms with van der Waals surface area (Å²) in [6.07, 6.45) is 2.77. The van der Waals surface area contributed by atoms with Crippen LogP contribution in [0, 0.1) is 6.92 Å². The monoisotopic (exact) mass is 392 g/mol. The third kappa shape index (κ3) is 6.02. The van der Waals surface area contributed by atoms with E-state index >= 15 is 0 Å². The summed E-state index contributed by atoms with van der Waals surface area (Å²) in [7, 11) is 4.85. The summed E-state index contributed by atoms with van der Waals surface area (Å²) in [4.78, 5) is 10.3. The van der Waals surface area contributed by atoms with Gasteiger partial charge in [-0.15, -0.1) is 11.3 Å². The maximum Gasteiger partial charge on any atom is 0.191 e. The minimum atomic E-state index is 0.454. The second-order valence-electron chi connectivity index (χ2n) is 5.76. The fourth-order valence-corrected chi connectivity index (χ4v) is 3.31. The summed E-state index contributed by atoms with van der Waals surface area (Å²) in [5.74, 6) is 2.75. The van der Waals surface area contributed by atoms with E-state index < -0.39 is 0 Å². The van der Waals surface area contributed by atoms with Crippen molar-refractivity contribution in [2.75, 3.05) is 34.4 Å². The van der Waals surface area contributed by atoms with Gasteiger partial charge in [0, 0.05) is 42.2 Å². The average molecular weight is 393 g/mol. The van der Waals surface area contributed by atoms with Crippen molar-refractivity contribution in [1.29, 1.82) is 0 Å². The number of benzene rings is 1. The molecule has 0 aliphatic heterocycles. The highest BCUT2D eigenvalue weighted by atomic mass is 32.1. The number of rotatable bonds is 9. The van der Waals surface area contributed by atoms with Crippen LogP contribution in [0.5, 0.6) is 17.2 Å². The van der Waals surface area contributed by atoms with Crippen LogP contribution in [-0.4, -0.2) is 45.4 Å². The molecule has 0 aliphatic rings. The van der Waals surface area contributed by atoms with Crippen molar-refractivity contribution in [3.8, 4) is 17.2 Å². The number of nitrogens with one attached hydrogen (secondary N) is 2. The van der Waals surface area contributed by atoms with Gasteiger partial charge in [0.05, 0.1) is 32.9 Å². The Labute approximate surface area is 164 Å². The van der Waals surface area contributed by atoms with E-state index in [1.807, 2.05) is 25.3 Å². The maximum absolute atomic E-state index is 5.47. The van der Waals surface area contributed by atoms with Crippen molar-refractivity contribution >= 4 is 17.3 Å². The first-order valence-electron chi connectivity index (χ1n) is 8.83. The van der Waals surface area contributed by atoms with Gasteiger partial charge >= 0.3 is 0 Å². The zero-order chi connectivity index (χ0) is 19.6. The highest BCUT2D eigenvalue weighted by Gasteiger charge is 2.12. The number of aliphatic imine (C=N–C) groups is 1. The van der Waals surface area contributed by atoms with Crippen LogP contribution in [0.25, 0.3) is 0 Å². The van der Waals surface area contributed by atoms with Crippen molar-refractivity contribution < 1.29 is 14.2 Å². The lowest BCUT2D eigenvalue weighted by Crippen LogP contribution is -2.38. The van der Waals surface area contributed by atoms with Gasteiger partial charge in [-0.2, -0.15) is 0 Å². The summed E-state index contributed by atoms with van der Waals surface area (Å²) in [5.41, 5.74) is 0.919. The van der Waals surface area contributed by atoms with E-state index in [1.165, 1.54) is 4.88 Å². The summed E-state index contributed by atoms with van der Waals surface area (Å²) in [5, 5.41) is 7.73. The molecule has 0 saturated carbocycles. The number of guanidine groups is 1. The SMILES string of the molecule is CCNC(=NCc1cc(OC)c(OC)cc1OC)NCCc1ncc(C)s1. The number of methoxy groups -OCH3 is 3. The fourth-order valence-electron chi connectivity index (χ4n) is 2.53. The zero-order valence-electron chi connectivity index (χ0n) is 16.6. The van der Waals surface area contributed by atoms with E-state index in [0.717, 1.165) is 36.0 Å². The lowest BCUT2D eigenvalue weighted by molar-refractivity contribution is 0.347. The molecule has 148 valence electrons. The van der Waals surface area contributed by atoms with Gasteiger partial charge in [-0.1, -0.05) is 0 Å². The van der Waals surface area contributed by atoms with E-state index in [0.29, 0.717) is 23.8 Å². The second-order valence-corrected chi connectivity index (χ2v) is 7.07. The Hall–Kier alpha value is -2.48. The normalized spacial score (nSPS) is 11.2. The van der Waals surface area contributed by atoms with Crippen LogP contribution in [0.2, 0.25) is 0 Å². The Morgan fingerprint density at radius 3 is 2.37 bits per heavy atom. The minimum Gasteiger partial charge on any atom is -0.496 e. The third-order valence-electron chi connectivity index (χ3n) is 3.84. The lowest BCUT2D eigenvalue weighted by atomic mass is 10.1. The molecule has 0 atom stereocenters. The van der Waals surface area contributed by atoms with Crippen LogP contribution >= 0.6 is 11.3 Å². The van der Waals surface area contributed by atoms with Crippen molar-refractivity contribution in [2.45, 2.75) is 26.8 Å². The molecule has 0 amide bonds. The number of ether oxygens (including phenoxy) is 3. The molecule has 0 radical (unpaired) electrons. The van der Waals surface area contributed by atoms with Crippen LogP contribution in [-0.2, 0) is 13.0 Å². The van der Waals surface area contributed by atoms with Crippen molar-refractivity contribution in [2.24, 2.45) is 4.99 Å². The molecular formula is C19H28N4O3S. The number of aromatic nitrogens is 1. The van der Waals surface area contributed by atoms with Crippen LogP contribution in [0.15, 0.2) is 23.3 Å². The molecule has 27 heavy (non-hydrogen) atoms. The molecule has 2 aromatic rings. The Morgan fingerprint density at radius 1 is 1.07 bits per heavy atom. The van der Waals surface area contributed by atoms with Gasteiger partial charge in [0.25, 0.3) is 0 Å². The number of hydrogen-bond donors (Lipinski definition) is 2. The molecule has 0 spiro atoms.